The lowest BCUT2D eigenvalue weighted by Crippen LogP contribution is -2.40. The number of halogens is 1. The highest BCUT2D eigenvalue weighted by Gasteiger charge is 2.21. The first-order valence-electron chi connectivity index (χ1n) is 8.76. The third-order valence-corrected chi connectivity index (χ3v) is 5.16. The van der Waals surface area contributed by atoms with Crippen LogP contribution in [0.3, 0.4) is 0 Å². The van der Waals surface area contributed by atoms with Gasteiger partial charge in [0, 0.05) is 50.1 Å². The van der Waals surface area contributed by atoms with E-state index in [9.17, 15) is 4.79 Å². The van der Waals surface area contributed by atoms with E-state index in [-0.39, 0.29) is 12.0 Å². The van der Waals surface area contributed by atoms with Crippen molar-refractivity contribution in [2.75, 3.05) is 13.1 Å². The highest BCUT2D eigenvalue weighted by atomic mass is 35.5. The molecule has 0 unspecified atom stereocenters. The Hall–Kier alpha value is -2.53. The van der Waals surface area contributed by atoms with Crippen LogP contribution in [0.2, 0.25) is 5.02 Å². The number of benzene rings is 1. The number of carbonyl (C=O) groups excluding carboxylic acids is 1. The minimum Gasteiger partial charge on any atom is -0.490 e. The number of ether oxygens (including phenoxy) is 1. The summed E-state index contributed by atoms with van der Waals surface area (Å²) in [5.74, 6) is 0.989. The summed E-state index contributed by atoms with van der Waals surface area (Å²) < 4.78 is 6.07. The molecule has 0 spiro atoms. The smallest absolute Gasteiger partial charge is 0.219 e. The first kappa shape index (κ1) is 16.9. The van der Waals surface area contributed by atoms with E-state index in [1.807, 2.05) is 35.2 Å². The summed E-state index contributed by atoms with van der Waals surface area (Å²) in [6, 6.07) is 11.8. The van der Waals surface area contributed by atoms with Crippen molar-refractivity contribution in [3.8, 4) is 17.0 Å². The molecular formula is C20H20ClN3O2. The molecule has 1 aliphatic heterocycles. The quantitative estimate of drug-likeness (QED) is 0.749. The number of likely N-dealkylation sites (tertiary alicyclic amines) is 1. The van der Waals surface area contributed by atoms with E-state index in [4.69, 9.17) is 16.3 Å². The Kier molecular flexibility index (Phi) is 4.55. The molecule has 6 heteroatoms. The summed E-state index contributed by atoms with van der Waals surface area (Å²) in [7, 11) is 0. The molecule has 1 aromatic carbocycles. The maximum absolute atomic E-state index is 11.4. The molecular weight excluding hydrogens is 350 g/mol. The maximum atomic E-state index is 11.4. The molecule has 134 valence electrons. The molecule has 4 rings (SSSR count). The van der Waals surface area contributed by atoms with E-state index < -0.39 is 0 Å². The van der Waals surface area contributed by atoms with Gasteiger partial charge < -0.3 is 14.6 Å². The molecule has 0 atom stereocenters. The molecule has 1 amide bonds. The number of fused-ring (bicyclic) bond motifs is 1. The van der Waals surface area contributed by atoms with Crippen molar-refractivity contribution >= 4 is 28.5 Å². The zero-order chi connectivity index (χ0) is 18.1. The number of amides is 1. The van der Waals surface area contributed by atoms with Crippen LogP contribution in [0.1, 0.15) is 19.8 Å². The Morgan fingerprint density at radius 2 is 1.96 bits per heavy atom. The van der Waals surface area contributed by atoms with Gasteiger partial charge in [0.05, 0.1) is 5.02 Å². The van der Waals surface area contributed by atoms with Crippen LogP contribution in [0.25, 0.3) is 22.3 Å². The zero-order valence-corrected chi connectivity index (χ0v) is 15.3. The van der Waals surface area contributed by atoms with Gasteiger partial charge in [0.2, 0.25) is 5.91 Å². The summed E-state index contributed by atoms with van der Waals surface area (Å²) in [6.07, 6.45) is 3.59. The van der Waals surface area contributed by atoms with Crippen molar-refractivity contribution in [2.24, 2.45) is 0 Å². The van der Waals surface area contributed by atoms with E-state index in [2.05, 4.69) is 9.97 Å². The third kappa shape index (κ3) is 3.40. The monoisotopic (exact) mass is 369 g/mol. The molecule has 0 radical (unpaired) electrons. The van der Waals surface area contributed by atoms with Gasteiger partial charge >= 0.3 is 0 Å². The number of piperidine rings is 1. The molecule has 1 saturated heterocycles. The summed E-state index contributed by atoms with van der Waals surface area (Å²) in [6.45, 7) is 3.15. The fraction of sp³-hybridized carbons (Fsp3) is 0.300. The molecule has 26 heavy (non-hydrogen) atoms. The van der Waals surface area contributed by atoms with Crippen LogP contribution >= 0.6 is 11.6 Å². The molecule has 0 saturated carbocycles. The van der Waals surface area contributed by atoms with Crippen molar-refractivity contribution in [3.63, 3.8) is 0 Å². The van der Waals surface area contributed by atoms with E-state index in [1.54, 1.807) is 19.2 Å². The second-order valence-corrected chi connectivity index (χ2v) is 6.99. The molecule has 3 heterocycles. The summed E-state index contributed by atoms with van der Waals surface area (Å²) >= 11 is 6.22. The predicted molar refractivity (Wildman–Crippen MR) is 102 cm³/mol. The topological polar surface area (TPSA) is 58.2 Å². The van der Waals surface area contributed by atoms with E-state index in [1.165, 1.54) is 0 Å². The van der Waals surface area contributed by atoms with Crippen LogP contribution in [0, 0.1) is 0 Å². The fourth-order valence-corrected chi connectivity index (χ4v) is 3.54. The van der Waals surface area contributed by atoms with Gasteiger partial charge in [0.1, 0.15) is 17.5 Å². The number of pyridine rings is 1. The molecule has 0 bridgehead atoms. The van der Waals surface area contributed by atoms with E-state index in [0.717, 1.165) is 54.0 Å². The Balaban J connectivity index is 1.45. The minimum absolute atomic E-state index is 0.140. The van der Waals surface area contributed by atoms with Gasteiger partial charge in [0.15, 0.2) is 0 Å². The van der Waals surface area contributed by atoms with Gasteiger partial charge in [-0.1, -0.05) is 11.6 Å². The van der Waals surface area contributed by atoms with Crippen LogP contribution in [-0.4, -0.2) is 40.0 Å². The normalized spacial score (nSPS) is 15.4. The highest BCUT2D eigenvalue weighted by molar-refractivity contribution is 6.35. The maximum Gasteiger partial charge on any atom is 0.219 e. The van der Waals surface area contributed by atoms with E-state index in [0.29, 0.717) is 5.02 Å². The van der Waals surface area contributed by atoms with Crippen LogP contribution in [0.15, 0.2) is 42.6 Å². The molecule has 1 N–H and O–H groups in total. The molecule has 1 fully saturated rings. The van der Waals surface area contributed by atoms with Crippen LogP contribution in [0.4, 0.5) is 0 Å². The van der Waals surface area contributed by atoms with Gasteiger partial charge in [-0.15, -0.1) is 0 Å². The average Bonchev–Trinajstić information content (AvgIpc) is 3.08. The van der Waals surface area contributed by atoms with Crippen molar-refractivity contribution in [1.82, 2.24) is 14.9 Å². The average molecular weight is 370 g/mol. The number of rotatable bonds is 3. The molecule has 5 nitrogen and oxygen atoms in total. The first-order chi connectivity index (χ1) is 12.6. The molecule has 0 aliphatic carbocycles. The first-order valence-corrected chi connectivity index (χ1v) is 9.14. The second-order valence-electron chi connectivity index (χ2n) is 6.59. The van der Waals surface area contributed by atoms with Crippen molar-refractivity contribution in [3.05, 3.63) is 47.6 Å². The summed E-state index contributed by atoms with van der Waals surface area (Å²) in [4.78, 5) is 20.9. The van der Waals surface area contributed by atoms with Crippen LogP contribution < -0.4 is 4.74 Å². The van der Waals surface area contributed by atoms with Crippen LogP contribution in [0.5, 0.6) is 5.75 Å². The van der Waals surface area contributed by atoms with E-state index >= 15 is 0 Å². The van der Waals surface area contributed by atoms with Gasteiger partial charge in [-0.3, -0.25) is 4.79 Å². The number of nitrogens with zero attached hydrogens (tertiary/aromatic N) is 2. The largest absolute Gasteiger partial charge is 0.490 e. The Morgan fingerprint density at radius 3 is 2.62 bits per heavy atom. The van der Waals surface area contributed by atoms with Crippen molar-refractivity contribution in [1.29, 1.82) is 0 Å². The standard InChI is InChI=1S/C20H20ClN3O2/c1-13(25)24-10-7-16(8-11-24)26-15-4-2-14(3-5-15)19-12-17-18(21)6-9-22-20(17)23-19/h2-6,9,12,16H,7-8,10-11H2,1H3,(H,22,23). The highest BCUT2D eigenvalue weighted by Crippen LogP contribution is 2.29. The number of aromatic nitrogens is 2. The molecule has 1 aliphatic rings. The van der Waals surface area contributed by atoms with Crippen LogP contribution in [-0.2, 0) is 4.79 Å². The minimum atomic E-state index is 0.140. The van der Waals surface area contributed by atoms with Crippen molar-refractivity contribution < 1.29 is 9.53 Å². The van der Waals surface area contributed by atoms with Gasteiger partial charge in [-0.05, 0) is 42.0 Å². The molecule has 3 aromatic rings. The number of nitrogens with one attached hydrogen (secondary N) is 1. The van der Waals surface area contributed by atoms with Gasteiger partial charge in [0.25, 0.3) is 0 Å². The Morgan fingerprint density at radius 1 is 1.23 bits per heavy atom. The van der Waals surface area contributed by atoms with Crippen molar-refractivity contribution in [2.45, 2.75) is 25.9 Å². The number of carbonyl (C=O) groups is 1. The number of aromatic amines is 1. The Labute approximate surface area is 156 Å². The predicted octanol–water partition coefficient (Wildman–Crippen LogP) is 4.27. The third-order valence-electron chi connectivity index (χ3n) is 4.83. The second kappa shape index (κ2) is 7.00. The lowest BCUT2D eigenvalue weighted by Gasteiger charge is -2.31. The lowest BCUT2D eigenvalue weighted by molar-refractivity contribution is -0.130. The number of hydrogen-bond donors (Lipinski definition) is 1. The summed E-state index contributed by atoms with van der Waals surface area (Å²) in [5, 5.41) is 1.61. The zero-order valence-electron chi connectivity index (χ0n) is 14.5. The fourth-order valence-electron chi connectivity index (χ4n) is 3.34. The number of hydrogen-bond acceptors (Lipinski definition) is 3. The SMILES string of the molecule is CC(=O)N1CCC(Oc2ccc(-c3cc4c(Cl)ccnc4[nH]3)cc2)CC1. The van der Waals surface area contributed by atoms with Gasteiger partial charge in [-0.2, -0.15) is 0 Å². The van der Waals surface area contributed by atoms with Gasteiger partial charge in [-0.25, -0.2) is 4.98 Å². The number of H-pyrrole nitrogens is 1. The lowest BCUT2D eigenvalue weighted by atomic mass is 10.1. The summed E-state index contributed by atoms with van der Waals surface area (Å²) in [5.41, 5.74) is 2.81. The Bertz CT molecular complexity index is 928. The molecule has 2 aromatic heterocycles.